The van der Waals surface area contributed by atoms with Crippen molar-refractivity contribution in [3.8, 4) is 6.07 Å². The highest BCUT2D eigenvalue weighted by molar-refractivity contribution is 7.89. The first kappa shape index (κ1) is 14.0. The molecule has 1 aromatic carbocycles. The maximum atomic E-state index is 12.0. The van der Waals surface area contributed by atoms with E-state index in [1.54, 1.807) is 0 Å². The van der Waals surface area contributed by atoms with E-state index in [4.69, 9.17) is 10.00 Å². The summed E-state index contributed by atoms with van der Waals surface area (Å²) in [5.41, 5.74) is 0.443. The third kappa shape index (κ3) is 3.77. The van der Waals surface area contributed by atoms with Crippen LogP contribution in [-0.2, 0) is 14.8 Å². The molecule has 0 aliphatic carbocycles. The molecule has 0 saturated carbocycles. The molecular weight excluding hydrogens is 264 g/mol. The van der Waals surface area contributed by atoms with E-state index in [1.807, 2.05) is 6.07 Å². The third-order valence-corrected chi connectivity index (χ3v) is 4.55. The summed E-state index contributed by atoms with van der Waals surface area (Å²) in [6, 6.07) is 7.82. The van der Waals surface area contributed by atoms with Crippen LogP contribution < -0.4 is 4.72 Å². The Balaban J connectivity index is 1.91. The first-order chi connectivity index (χ1) is 9.12. The Morgan fingerprint density at radius 2 is 2.11 bits per heavy atom. The lowest BCUT2D eigenvalue weighted by Crippen LogP contribution is -2.27. The van der Waals surface area contributed by atoms with E-state index in [1.165, 1.54) is 24.3 Å². The lowest BCUT2D eigenvalue weighted by Gasteiger charge is -2.10. The number of ether oxygens (including phenoxy) is 1. The van der Waals surface area contributed by atoms with Gasteiger partial charge in [-0.15, -0.1) is 0 Å². The van der Waals surface area contributed by atoms with Crippen LogP contribution in [0.1, 0.15) is 24.8 Å². The number of hydrogen-bond acceptors (Lipinski definition) is 4. The molecule has 1 N–H and O–H groups in total. The third-order valence-electron chi connectivity index (χ3n) is 3.08. The largest absolute Gasteiger partial charge is 0.378 e. The molecule has 1 heterocycles. The lowest BCUT2D eigenvalue weighted by atomic mass is 10.2. The Hall–Kier alpha value is -1.42. The van der Waals surface area contributed by atoms with Crippen LogP contribution in [0.4, 0.5) is 0 Å². The molecule has 1 saturated heterocycles. The molecule has 2 rings (SSSR count). The quantitative estimate of drug-likeness (QED) is 0.884. The second kappa shape index (κ2) is 6.15. The minimum Gasteiger partial charge on any atom is -0.378 e. The van der Waals surface area contributed by atoms with Gasteiger partial charge < -0.3 is 4.74 Å². The molecule has 0 aromatic heterocycles. The van der Waals surface area contributed by atoms with Crippen LogP contribution in [0.5, 0.6) is 0 Å². The van der Waals surface area contributed by atoms with Crippen molar-refractivity contribution in [2.75, 3.05) is 13.2 Å². The van der Waals surface area contributed by atoms with Crippen molar-refractivity contribution in [3.05, 3.63) is 29.8 Å². The molecule has 1 aliphatic heterocycles. The molecule has 1 unspecified atom stereocenters. The molecule has 0 bridgehead atoms. The average molecular weight is 280 g/mol. The number of nitrogens with zero attached hydrogens (tertiary/aromatic N) is 1. The number of nitriles is 1. The molecule has 0 radical (unpaired) electrons. The van der Waals surface area contributed by atoms with Crippen molar-refractivity contribution in [1.82, 2.24) is 4.72 Å². The van der Waals surface area contributed by atoms with Crippen LogP contribution in [0.2, 0.25) is 0 Å². The summed E-state index contributed by atoms with van der Waals surface area (Å²) in [5.74, 6) is 0. The summed E-state index contributed by atoms with van der Waals surface area (Å²) < 4.78 is 31.9. The van der Waals surface area contributed by atoms with Crippen LogP contribution in [0.3, 0.4) is 0 Å². The van der Waals surface area contributed by atoms with Crippen molar-refractivity contribution in [2.24, 2.45) is 0 Å². The molecule has 102 valence electrons. The lowest BCUT2D eigenvalue weighted by molar-refractivity contribution is 0.105. The monoisotopic (exact) mass is 280 g/mol. The van der Waals surface area contributed by atoms with Crippen molar-refractivity contribution in [3.63, 3.8) is 0 Å². The molecule has 0 spiro atoms. The SMILES string of the molecule is N#Cc1ccc(S(=O)(=O)NCCC2CCCO2)cc1. The smallest absolute Gasteiger partial charge is 0.240 e. The topological polar surface area (TPSA) is 79.2 Å². The molecule has 1 aliphatic rings. The Morgan fingerprint density at radius 3 is 2.68 bits per heavy atom. The number of nitrogens with one attached hydrogen (secondary N) is 1. The zero-order valence-corrected chi connectivity index (χ0v) is 11.3. The normalized spacial score (nSPS) is 19.2. The van der Waals surface area contributed by atoms with E-state index in [9.17, 15) is 8.42 Å². The average Bonchev–Trinajstić information content (AvgIpc) is 2.92. The van der Waals surface area contributed by atoms with Crippen molar-refractivity contribution >= 4 is 10.0 Å². The van der Waals surface area contributed by atoms with Gasteiger partial charge in [-0.1, -0.05) is 0 Å². The highest BCUT2D eigenvalue weighted by Gasteiger charge is 2.17. The minimum atomic E-state index is -3.49. The van der Waals surface area contributed by atoms with Gasteiger partial charge in [0.1, 0.15) is 0 Å². The summed E-state index contributed by atoms with van der Waals surface area (Å²) in [6.45, 7) is 1.14. The van der Waals surface area contributed by atoms with E-state index in [2.05, 4.69) is 4.72 Å². The van der Waals surface area contributed by atoms with Gasteiger partial charge in [-0.25, -0.2) is 13.1 Å². The summed E-state index contributed by atoms with van der Waals surface area (Å²) in [4.78, 5) is 0.179. The van der Waals surface area contributed by atoms with Crippen molar-refractivity contribution in [1.29, 1.82) is 5.26 Å². The van der Waals surface area contributed by atoms with Crippen LogP contribution in [0, 0.1) is 11.3 Å². The highest BCUT2D eigenvalue weighted by atomic mass is 32.2. The van der Waals surface area contributed by atoms with E-state index >= 15 is 0 Å². The van der Waals surface area contributed by atoms with Crippen LogP contribution in [-0.4, -0.2) is 27.7 Å². The first-order valence-corrected chi connectivity index (χ1v) is 7.71. The molecule has 1 aromatic rings. The van der Waals surface area contributed by atoms with Gasteiger partial charge in [-0.05, 0) is 43.5 Å². The van der Waals surface area contributed by atoms with Crippen molar-refractivity contribution in [2.45, 2.75) is 30.3 Å². The number of rotatable bonds is 5. The minimum absolute atomic E-state index is 0.170. The van der Waals surface area contributed by atoms with Gasteiger partial charge >= 0.3 is 0 Å². The fraction of sp³-hybridized carbons (Fsp3) is 0.462. The summed E-state index contributed by atoms with van der Waals surface area (Å²) in [6.07, 6.45) is 2.91. The van der Waals surface area contributed by atoms with E-state index in [0.717, 1.165) is 19.4 Å². The van der Waals surface area contributed by atoms with Gasteiger partial charge in [0.05, 0.1) is 22.6 Å². The predicted octanol–water partition coefficient (Wildman–Crippen LogP) is 1.41. The molecule has 1 atom stereocenters. The first-order valence-electron chi connectivity index (χ1n) is 6.23. The molecular formula is C13H16N2O3S. The van der Waals surface area contributed by atoms with E-state index in [-0.39, 0.29) is 11.0 Å². The number of sulfonamides is 1. The molecule has 19 heavy (non-hydrogen) atoms. The fourth-order valence-electron chi connectivity index (χ4n) is 2.02. The molecule has 1 fully saturated rings. The molecule has 0 amide bonds. The summed E-state index contributed by atoms with van der Waals surface area (Å²) in [5, 5.41) is 8.67. The van der Waals surface area contributed by atoms with Gasteiger partial charge in [0.15, 0.2) is 0 Å². The van der Waals surface area contributed by atoms with Crippen molar-refractivity contribution < 1.29 is 13.2 Å². The zero-order chi connectivity index (χ0) is 13.7. The van der Waals surface area contributed by atoms with Gasteiger partial charge in [0.2, 0.25) is 10.0 Å². The highest BCUT2D eigenvalue weighted by Crippen LogP contribution is 2.15. The summed E-state index contributed by atoms with van der Waals surface area (Å²) >= 11 is 0. The van der Waals surface area contributed by atoms with Crippen LogP contribution in [0.25, 0.3) is 0 Å². The van der Waals surface area contributed by atoms with E-state index < -0.39 is 10.0 Å². The maximum absolute atomic E-state index is 12.0. The Labute approximate surface area is 113 Å². The second-order valence-corrected chi connectivity index (χ2v) is 6.22. The van der Waals surface area contributed by atoms with Gasteiger partial charge in [-0.2, -0.15) is 5.26 Å². The molecule has 6 heteroatoms. The van der Waals surface area contributed by atoms with Crippen LogP contribution in [0.15, 0.2) is 29.2 Å². The van der Waals surface area contributed by atoms with E-state index in [0.29, 0.717) is 18.5 Å². The van der Waals surface area contributed by atoms with Gasteiger partial charge in [0, 0.05) is 13.2 Å². The zero-order valence-electron chi connectivity index (χ0n) is 10.5. The number of hydrogen-bond donors (Lipinski definition) is 1. The number of benzene rings is 1. The van der Waals surface area contributed by atoms with Crippen LogP contribution >= 0.6 is 0 Å². The Kier molecular flexibility index (Phi) is 4.53. The summed E-state index contributed by atoms with van der Waals surface area (Å²) in [7, 11) is -3.49. The van der Waals surface area contributed by atoms with Gasteiger partial charge in [-0.3, -0.25) is 0 Å². The Bertz CT molecular complexity index is 555. The Morgan fingerprint density at radius 1 is 1.37 bits per heavy atom. The second-order valence-electron chi connectivity index (χ2n) is 4.46. The molecule has 5 nitrogen and oxygen atoms in total. The van der Waals surface area contributed by atoms with Gasteiger partial charge in [0.25, 0.3) is 0 Å². The standard InChI is InChI=1S/C13H16N2O3S/c14-10-11-3-5-13(6-4-11)19(16,17)15-8-7-12-2-1-9-18-12/h3-6,12,15H,1-2,7-9H2. The maximum Gasteiger partial charge on any atom is 0.240 e. The fourth-order valence-corrected chi connectivity index (χ4v) is 3.07. The predicted molar refractivity (Wildman–Crippen MR) is 69.9 cm³/mol.